The molecule has 0 radical (unpaired) electrons. The fourth-order valence-corrected chi connectivity index (χ4v) is 3.91. The highest BCUT2D eigenvalue weighted by Crippen LogP contribution is 2.34. The average Bonchev–Trinajstić information content (AvgIpc) is 3.33. The number of likely N-dealkylation sites (tertiary alicyclic amines) is 1. The van der Waals surface area contributed by atoms with Gasteiger partial charge in [-0.2, -0.15) is 10.1 Å². The number of aromatic nitrogens is 4. The number of ether oxygens (including phenoxy) is 1. The first-order chi connectivity index (χ1) is 16.2. The van der Waals surface area contributed by atoms with Crippen LogP contribution in [0.15, 0.2) is 47.0 Å². The Morgan fingerprint density at radius 1 is 1.15 bits per heavy atom. The van der Waals surface area contributed by atoms with Gasteiger partial charge in [-0.25, -0.2) is 13.6 Å². The monoisotopic (exact) mass is 467 g/mol. The maximum atomic E-state index is 14.8. The highest BCUT2D eigenvalue weighted by molar-refractivity contribution is 5.84. The van der Waals surface area contributed by atoms with Crippen LogP contribution in [0.3, 0.4) is 0 Å². The van der Waals surface area contributed by atoms with Crippen LogP contribution < -0.4 is 0 Å². The van der Waals surface area contributed by atoms with Crippen LogP contribution in [0.2, 0.25) is 0 Å². The van der Waals surface area contributed by atoms with Crippen molar-refractivity contribution in [2.75, 3.05) is 13.1 Å². The highest BCUT2D eigenvalue weighted by Gasteiger charge is 2.37. The van der Waals surface area contributed by atoms with Gasteiger partial charge in [-0.05, 0) is 57.2 Å². The molecule has 5 rings (SSSR count). The van der Waals surface area contributed by atoms with E-state index in [1.165, 1.54) is 18.2 Å². The van der Waals surface area contributed by atoms with E-state index in [2.05, 4.69) is 15.2 Å². The zero-order valence-electron chi connectivity index (χ0n) is 19.0. The Labute approximate surface area is 194 Å². The van der Waals surface area contributed by atoms with E-state index >= 15 is 0 Å². The lowest BCUT2D eigenvalue weighted by molar-refractivity contribution is 0.00792. The largest absolute Gasteiger partial charge is 0.444 e. The van der Waals surface area contributed by atoms with E-state index in [9.17, 15) is 13.6 Å². The molecule has 0 bridgehead atoms. The second kappa shape index (κ2) is 8.19. The van der Waals surface area contributed by atoms with E-state index in [0.717, 1.165) is 0 Å². The van der Waals surface area contributed by atoms with Crippen LogP contribution in [-0.4, -0.2) is 49.6 Å². The van der Waals surface area contributed by atoms with Crippen LogP contribution in [0.4, 0.5) is 13.6 Å². The Hall–Kier alpha value is -3.82. The molecule has 34 heavy (non-hydrogen) atoms. The summed E-state index contributed by atoms with van der Waals surface area (Å²) in [4.78, 5) is 18.2. The first-order valence-corrected chi connectivity index (χ1v) is 10.9. The molecule has 1 aliphatic heterocycles. The van der Waals surface area contributed by atoms with Crippen molar-refractivity contribution in [1.82, 2.24) is 24.8 Å². The molecule has 0 spiro atoms. The summed E-state index contributed by atoms with van der Waals surface area (Å²) in [7, 11) is 0. The zero-order chi connectivity index (χ0) is 24.0. The molecule has 1 saturated heterocycles. The predicted octanol–water partition coefficient (Wildman–Crippen LogP) is 4.75. The fraction of sp³-hybridized carbons (Fsp3) is 0.333. The fourth-order valence-electron chi connectivity index (χ4n) is 3.91. The third-order valence-corrected chi connectivity index (χ3v) is 5.52. The molecule has 0 atom stereocenters. The number of carbonyl (C=O) groups excluding carboxylic acids is 1. The Bertz CT molecular complexity index is 1350. The summed E-state index contributed by atoms with van der Waals surface area (Å²) in [5.41, 5.74) is 1.18. The van der Waals surface area contributed by atoms with Crippen molar-refractivity contribution in [3.05, 3.63) is 65.6 Å². The lowest BCUT2D eigenvalue weighted by Gasteiger charge is -2.39. The van der Waals surface area contributed by atoms with E-state index in [0.29, 0.717) is 41.1 Å². The van der Waals surface area contributed by atoms with Gasteiger partial charge in [0, 0.05) is 24.6 Å². The molecule has 1 fully saturated rings. The number of halogens is 2. The van der Waals surface area contributed by atoms with E-state index in [-0.39, 0.29) is 30.0 Å². The minimum atomic E-state index is -0.583. The molecule has 8 nitrogen and oxygen atoms in total. The maximum Gasteiger partial charge on any atom is 0.410 e. The van der Waals surface area contributed by atoms with Gasteiger partial charge in [0.15, 0.2) is 5.82 Å². The van der Waals surface area contributed by atoms with Gasteiger partial charge < -0.3 is 14.2 Å². The van der Waals surface area contributed by atoms with Gasteiger partial charge in [0.1, 0.15) is 23.8 Å². The normalized spacial score (nSPS) is 14.4. The van der Waals surface area contributed by atoms with E-state index in [1.54, 1.807) is 33.8 Å². The lowest BCUT2D eigenvalue weighted by Crippen LogP contribution is -2.50. The molecule has 2 aromatic heterocycles. The molecule has 176 valence electrons. The average molecular weight is 467 g/mol. The molecule has 4 aromatic rings. The summed E-state index contributed by atoms with van der Waals surface area (Å²) in [5.74, 6) is -0.251. The molecular formula is C24H23F2N5O3. The quantitative estimate of drug-likeness (QED) is 0.431. The molecule has 0 aliphatic carbocycles. The minimum Gasteiger partial charge on any atom is -0.444 e. The van der Waals surface area contributed by atoms with E-state index in [1.807, 2.05) is 20.8 Å². The smallest absolute Gasteiger partial charge is 0.410 e. The standard InChI is InChI=1S/C24H23F2N5O3/c1-24(2,3)33-23(32)30-11-15(12-30)21-20-17(26)5-4-6-18(20)31(28-21)13-19-27-22(34-29-19)14-7-9-16(25)10-8-14/h4-10,15H,11-13H2,1-3H3. The Morgan fingerprint density at radius 2 is 1.88 bits per heavy atom. The number of hydrogen-bond donors (Lipinski definition) is 0. The van der Waals surface area contributed by atoms with Gasteiger partial charge in [0.05, 0.1) is 16.6 Å². The Kier molecular flexibility index (Phi) is 5.30. The van der Waals surface area contributed by atoms with Crippen molar-refractivity contribution < 1.29 is 22.8 Å². The first kappa shape index (κ1) is 22.0. The van der Waals surface area contributed by atoms with E-state index in [4.69, 9.17) is 9.26 Å². The van der Waals surface area contributed by atoms with Crippen LogP contribution in [-0.2, 0) is 11.3 Å². The third-order valence-electron chi connectivity index (χ3n) is 5.52. The second-order valence-corrected chi connectivity index (χ2v) is 9.28. The zero-order valence-corrected chi connectivity index (χ0v) is 19.0. The third kappa shape index (κ3) is 4.23. The number of rotatable bonds is 4. The molecule has 1 aliphatic rings. The molecule has 2 aromatic carbocycles. The molecule has 3 heterocycles. The van der Waals surface area contributed by atoms with Crippen molar-refractivity contribution in [2.24, 2.45) is 0 Å². The Morgan fingerprint density at radius 3 is 2.59 bits per heavy atom. The molecule has 1 amide bonds. The summed E-state index contributed by atoms with van der Waals surface area (Å²) < 4.78 is 40.3. The van der Waals surface area contributed by atoms with Gasteiger partial charge in [-0.15, -0.1) is 0 Å². The molecule has 10 heteroatoms. The first-order valence-electron chi connectivity index (χ1n) is 10.9. The number of hydrogen-bond acceptors (Lipinski definition) is 6. The minimum absolute atomic E-state index is 0.117. The molecule has 0 unspecified atom stereocenters. The van der Waals surface area contributed by atoms with E-state index < -0.39 is 11.7 Å². The van der Waals surface area contributed by atoms with Crippen LogP contribution >= 0.6 is 0 Å². The van der Waals surface area contributed by atoms with Crippen LogP contribution in [0.1, 0.15) is 38.2 Å². The summed E-state index contributed by atoms with van der Waals surface area (Å²) in [6, 6.07) is 10.5. The predicted molar refractivity (Wildman–Crippen MR) is 119 cm³/mol. The molecular weight excluding hydrogens is 444 g/mol. The Balaban J connectivity index is 1.38. The number of benzene rings is 2. The molecule has 0 saturated carbocycles. The molecule has 0 N–H and O–H groups in total. The maximum absolute atomic E-state index is 14.8. The summed E-state index contributed by atoms with van der Waals surface area (Å²) in [5, 5.41) is 9.06. The van der Waals surface area contributed by atoms with Gasteiger partial charge in [0.25, 0.3) is 5.89 Å². The summed E-state index contributed by atoms with van der Waals surface area (Å²) >= 11 is 0. The SMILES string of the molecule is CC(C)(C)OC(=O)N1CC(c2nn(Cc3noc(-c4ccc(F)cc4)n3)c3cccc(F)c23)C1. The summed E-state index contributed by atoms with van der Waals surface area (Å²) in [6.07, 6.45) is -0.395. The second-order valence-electron chi connectivity index (χ2n) is 9.28. The van der Waals surface area contributed by atoms with Crippen LogP contribution in [0, 0.1) is 11.6 Å². The van der Waals surface area contributed by atoms with Gasteiger partial charge in [-0.1, -0.05) is 11.2 Å². The van der Waals surface area contributed by atoms with Crippen LogP contribution in [0.25, 0.3) is 22.4 Å². The number of carbonyl (C=O) groups is 1. The van der Waals surface area contributed by atoms with Crippen LogP contribution in [0.5, 0.6) is 0 Å². The van der Waals surface area contributed by atoms with Gasteiger partial charge in [0.2, 0.25) is 0 Å². The lowest BCUT2D eigenvalue weighted by atomic mass is 9.94. The van der Waals surface area contributed by atoms with Crippen molar-refractivity contribution >= 4 is 17.0 Å². The summed E-state index contributed by atoms with van der Waals surface area (Å²) in [6.45, 7) is 6.39. The van der Waals surface area contributed by atoms with Crippen molar-refractivity contribution in [3.8, 4) is 11.5 Å². The van der Waals surface area contributed by atoms with Gasteiger partial charge >= 0.3 is 6.09 Å². The number of nitrogens with zero attached hydrogens (tertiary/aromatic N) is 5. The number of fused-ring (bicyclic) bond motifs is 1. The topological polar surface area (TPSA) is 86.3 Å². The number of amides is 1. The van der Waals surface area contributed by atoms with Crippen molar-refractivity contribution in [3.63, 3.8) is 0 Å². The van der Waals surface area contributed by atoms with Crippen molar-refractivity contribution in [1.29, 1.82) is 0 Å². The highest BCUT2D eigenvalue weighted by atomic mass is 19.1. The van der Waals surface area contributed by atoms with Gasteiger partial charge in [-0.3, -0.25) is 4.68 Å². The van der Waals surface area contributed by atoms with Crippen molar-refractivity contribution in [2.45, 2.75) is 38.8 Å².